The summed E-state index contributed by atoms with van der Waals surface area (Å²) in [4.78, 5) is 11.7. The van der Waals surface area contributed by atoms with E-state index in [0.29, 0.717) is 12.8 Å². The lowest BCUT2D eigenvalue weighted by Crippen LogP contribution is -2.46. The van der Waals surface area contributed by atoms with E-state index in [1.54, 1.807) is 0 Å². The summed E-state index contributed by atoms with van der Waals surface area (Å²) in [6.07, 6.45) is 19.8. The Balaban J connectivity index is 4.06. The van der Waals surface area contributed by atoms with E-state index in [4.69, 9.17) is 0 Å². The van der Waals surface area contributed by atoms with Gasteiger partial charge in [0.1, 0.15) is 0 Å². The molecular formula is C23H44O5S. The van der Waals surface area contributed by atoms with Crippen molar-refractivity contribution in [1.29, 1.82) is 0 Å². The van der Waals surface area contributed by atoms with E-state index in [9.17, 15) is 22.9 Å². The molecule has 172 valence electrons. The molecule has 0 radical (unpaired) electrons. The number of hydrogen-bond donors (Lipinski definition) is 2. The van der Waals surface area contributed by atoms with Gasteiger partial charge in [-0.15, -0.1) is 0 Å². The molecule has 5 nitrogen and oxygen atoms in total. The van der Waals surface area contributed by atoms with Crippen molar-refractivity contribution in [3.05, 3.63) is 12.2 Å². The van der Waals surface area contributed by atoms with E-state index < -0.39 is 20.8 Å². The topological polar surface area (TPSA) is 91.7 Å². The number of aliphatic carboxylic acids is 1. The minimum absolute atomic E-state index is 0.0151. The Bertz CT molecular complexity index is 541. The molecule has 0 saturated heterocycles. The Labute approximate surface area is 179 Å². The molecule has 0 aromatic heterocycles. The van der Waals surface area contributed by atoms with E-state index in [0.717, 1.165) is 44.9 Å². The zero-order valence-corrected chi connectivity index (χ0v) is 19.5. The van der Waals surface area contributed by atoms with Crippen LogP contribution in [0.5, 0.6) is 0 Å². The maximum Gasteiger partial charge on any atom is 0.327 e. The summed E-state index contributed by atoms with van der Waals surface area (Å²) in [6, 6.07) is 0. The standard InChI is InChI=1S/C23H44O5S/c1-3-5-7-8-9-10-11-12-13-14-15-16-17-19-21-23(22(24)25,29(26,27)28)20-18-6-4-2/h12-13H,3-11,14-21H2,1-2H3,(H,24,25)(H,26,27,28)/b13-12-. The van der Waals surface area contributed by atoms with Gasteiger partial charge in [0, 0.05) is 0 Å². The Kier molecular flexibility index (Phi) is 16.4. The molecule has 1 atom stereocenters. The monoisotopic (exact) mass is 432 g/mol. The molecule has 0 aromatic rings. The van der Waals surface area contributed by atoms with Crippen LogP contribution in [0.3, 0.4) is 0 Å². The molecule has 2 N–H and O–H groups in total. The highest BCUT2D eigenvalue weighted by Gasteiger charge is 2.49. The van der Waals surface area contributed by atoms with Crippen molar-refractivity contribution in [1.82, 2.24) is 0 Å². The molecule has 29 heavy (non-hydrogen) atoms. The molecule has 6 heteroatoms. The quantitative estimate of drug-likeness (QED) is 0.124. The number of allylic oxidation sites excluding steroid dienone is 2. The molecule has 0 heterocycles. The van der Waals surface area contributed by atoms with Gasteiger partial charge < -0.3 is 5.11 Å². The average molecular weight is 433 g/mol. The van der Waals surface area contributed by atoms with Gasteiger partial charge in [0.2, 0.25) is 0 Å². The van der Waals surface area contributed by atoms with Crippen molar-refractivity contribution in [2.75, 3.05) is 0 Å². The minimum Gasteiger partial charge on any atom is -0.480 e. The second-order valence-corrected chi connectivity index (χ2v) is 9.94. The number of unbranched alkanes of at least 4 members (excludes halogenated alkanes) is 12. The van der Waals surface area contributed by atoms with Crippen molar-refractivity contribution < 1.29 is 22.9 Å². The summed E-state index contributed by atoms with van der Waals surface area (Å²) >= 11 is 0. The lowest BCUT2D eigenvalue weighted by atomic mass is 9.93. The summed E-state index contributed by atoms with van der Waals surface area (Å²) in [5.41, 5.74) is 0. The van der Waals surface area contributed by atoms with Crippen LogP contribution in [0.1, 0.15) is 123 Å². The molecule has 0 fully saturated rings. The normalized spacial score (nSPS) is 14.3. The lowest BCUT2D eigenvalue weighted by Gasteiger charge is -2.26. The van der Waals surface area contributed by atoms with E-state index in [1.807, 2.05) is 6.92 Å². The fourth-order valence-corrected chi connectivity index (χ4v) is 4.70. The highest BCUT2D eigenvalue weighted by atomic mass is 32.2. The van der Waals surface area contributed by atoms with E-state index >= 15 is 0 Å². The largest absolute Gasteiger partial charge is 0.480 e. The number of carbonyl (C=O) groups is 1. The molecule has 0 amide bonds. The Morgan fingerprint density at radius 1 is 0.724 bits per heavy atom. The third kappa shape index (κ3) is 12.4. The van der Waals surface area contributed by atoms with Gasteiger partial charge in [-0.1, -0.05) is 96.6 Å². The molecule has 0 rings (SSSR count). The fraction of sp³-hybridized carbons (Fsp3) is 0.870. The van der Waals surface area contributed by atoms with Gasteiger partial charge in [0.15, 0.2) is 4.75 Å². The fourth-order valence-electron chi connectivity index (χ4n) is 3.67. The Hall–Kier alpha value is -0.880. The van der Waals surface area contributed by atoms with Crippen molar-refractivity contribution >= 4 is 16.1 Å². The van der Waals surface area contributed by atoms with Crippen LogP contribution < -0.4 is 0 Å². The first-order valence-electron chi connectivity index (χ1n) is 11.7. The van der Waals surface area contributed by atoms with Gasteiger partial charge in [0.25, 0.3) is 10.1 Å². The Morgan fingerprint density at radius 2 is 1.10 bits per heavy atom. The van der Waals surface area contributed by atoms with Crippen molar-refractivity contribution in [3.63, 3.8) is 0 Å². The molecule has 0 spiro atoms. The van der Waals surface area contributed by atoms with Crippen LogP contribution in [0.4, 0.5) is 0 Å². The lowest BCUT2D eigenvalue weighted by molar-refractivity contribution is -0.140. The molecule has 0 saturated carbocycles. The van der Waals surface area contributed by atoms with Crippen LogP contribution in [0.25, 0.3) is 0 Å². The molecule has 0 aromatic carbocycles. The maximum atomic E-state index is 11.8. The predicted molar refractivity (Wildman–Crippen MR) is 121 cm³/mol. The predicted octanol–water partition coefficient (Wildman–Crippen LogP) is 6.93. The van der Waals surface area contributed by atoms with Crippen molar-refractivity contribution in [2.45, 2.75) is 128 Å². The van der Waals surface area contributed by atoms with Gasteiger partial charge in [0.05, 0.1) is 0 Å². The van der Waals surface area contributed by atoms with E-state index in [-0.39, 0.29) is 12.8 Å². The number of rotatable bonds is 20. The van der Waals surface area contributed by atoms with Crippen LogP contribution in [-0.4, -0.2) is 28.8 Å². The average Bonchev–Trinajstić information content (AvgIpc) is 2.65. The van der Waals surface area contributed by atoms with Gasteiger partial charge in [-0.05, 0) is 38.5 Å². The number of carboxylic acids is 1. The SMILES string of the molecule is CCCCCCCC/C=C\CCCCCCC(CCCCC)(C(=O)O)S(=O)(=O)O. The summed E-state index contributed by atoms with van der Waals surface area (Å²) in [5, 5.41) is 9.51. The van der Waals surface area contributed by atoms with Gasteiger partial charge in [-0.25, -0.2) is 0 Å². The van der Waals surface area contributed by atoms with Gasteiger partial charge >= 0.3 is 5.97 Å². The minimum atomic E-state index is -4.63. The van der Waals surface area contributed by atoms with E-state index in [1.165, 1.54) is 38.5 Å². The highest BCUT2D eigenvalue weighted by Crippen LogP contribution is 2.31. The van der Waals surface area contributed by atoms with Crippen LogP contribution in [0.2, 0.25) is 0 Å². The first-order valence-corrected chi connectivity index (χ1v) is 13.1. The van der Waals surface area contributed by atoms with E-state index in [2.05, 4.69) is 19.1 Å². The molecular weight excluding hydrogens is 388 g/mol. The smallest absolute Gasteiger partial charge is 0.327 e. The summed E-state index contributed by atoms with van der Waals surface area (Å²) in [5.74, 6) is -1.42. The first kappa shape index (κ1) is 28.1. The molecule has 0 aliphatic carbocycles. The summed E-state index contributed by atoms with van der Waals surface area (Å²) in [6.45, 7) is 4.20. The Morgan fingerprint density at radius 3 is 1.55 bits per heavy atom. The van der Waals surface area contributed by atoms with Gasteiger partial charge in [-0.2, -0.15) is 8.42 Å². The third-order valence-corrected chi connectivity index (χ3v) is 7.23. The maximum absolute atomic E-state index is 11.8. The molecule has 0 aliphatic heterocycles. The summed E-state index contributed by atoms with van der Waals surface area (Å²) in [7, 11) is -4.63. The zero-order valence-electron chi connectivity index (χ0n) is 18.7. The number of hydrogen-bond acceptors (Lipinski definition) is 3. The third-order valence-electron chi connectivity index (χ3n) is 5.66. The highest BCUT2D eigenvalue weighted by molar-refractivity contribution is 7.88. The first-order chi connectivity index (χ1) is 13.8. The molecule has 1 unspecified atom stereocenters. The van der Waals surface area contributed by atoms with Crippen molar-refractivity contribution in [3.8, 4) is 0 Å². The number of carboxylic acid groups (broad SMARTS) is 1. The van der Waals surface area contributed by atoms with Crippen molar-refractivity contribution in [2.24, 2.45) is 0 Å². The van der Waals surface area contributed by atoms with Crippen LogP contribution in [0.15, 0.2) is 12.2 Å². The molecule has 0 aliphatic rings. The summed E-state index contributed by atoms with van der Waals surface area (Å²) < 4.78 is 31.2. The van der Waals surface area contributed by atoms with Crippen LogP contribution in [0, 0.1) is 0 Å². The van der Waals surface area contributed by atoms with Crippen LogP contribution >= 0.6 is 0 Å². The molecule has 0 bridgehead atoms. The second-order valence-electron chi connectivity index (χ2n) is 8.21. The second kappa shape index (κ2) is 16.9. The van der Waals surface area contributed by atoms with Gasteiger partial charge in [-0.3, -0.25) is 9.35 Å². The zero-order chi connectivity index (χ0) is 22.0. The van der Waals surface area contributed by atoms with Crippen LogP contribution in [-0.2, 0) is 14.9 Å².